The first-order chi connectivity index (χ1) is 8.74. The Balaban J connectivity index is 2.27. The van der Waals surface area contributed by atoms with E-state index in [-0.39, 0.29) is 0 Å². The van der Waals surface area contributed by atoms with Crippen molar-refractivity contribution in [3.63, 3.8) is 0 Å². The van der Waals surface area contributed by atoms with E-state index in [1.165, 1.54) is 0 Å². The number of hydrogen-bond donors (Lipinski definition) is 0. The summed E-state index contributed by atoms with van der Waals surface area (Å²) in [4.78, 5) is 0. The molecule has 2 rings (SSSR count). The average molecular weight is 244 g/mol. The second kappa shape index (κ2) is 5.45. The molecular weight excluding hydrogens is 228 g/mol. The molecule has 2 aromatic carbocycles. The Labute approximate surface area is 107 Å². The summed E-state index contributed by atoms with van der Waals surface area (Å²) in [7, 11) is 3.22. The Bertz CT molecular complexity index is 535. The standard InChI is InChI=1S/C15H16O3/c1-11-6-4-5-7-13(11)18-12-8-9-14(16-2)15(10-12)17-3/h4-10H,1-3H3. The van der Waals surface area contributed by atoms with Gasteiger partial charge in [-0.15, -0.1) is 0 Å². The summed E-state index contributed by atoms with van der Waals surface area (Å²) in [5.74, 6) is 2.91. The molecule has 18 heavy (non-hydrogen) atoms. The van der Waals surface area contributed by atoms with Crippen molar-refractivity contribution in [2.75, 3.05) is 14.2 Å². The van der Waals surface area contributed by atoms with Gasteiger partial charge < -0.3 is 14.2 Å². The van der Waals surface area contributed by atoms with Crippen LogP contribution in [-0.4, -0.2) is 14.2 Å². The molecule has 0 fully saturated rings. The minimum atomic E-state index is 0.656. The highest BCUT2D eigenvalue weighted by molar-refractivity contribution is 5.47. The summed E-state index contributed by atoms with van der Waals surface area (Å²) in [6, 6.07) is 13.4. The lowest BCUT2D eigenvalue weighted by atomic mass is 10.2. The van der Waals surface area contributed by atoms with Gasteiger partial charge in [0.25, 0.3) is 0 Å². The number of benzene rings is 2. The fourth-order valence-electron chi connectivity index (χ4n) is 1.68. The van der Waals surface area contributed by atoms with Gasteiger partial charge in [-0.25, -0.2) is 0 Å². The normalized spacial score (nSPS) is 9.94. The summed E-state index contributed by atoms with van der Waals surface area (Å²) in [5, 5.41) is 0. The van der Waals surface area contributed by atoms with Gasteiger partial charge in [-0.1, -0.05) is 18.2 Å². The van der Waals surface area contributed by atoms with E-state index in [9.17, 15) is 0 Å². The Morgan fingerprint density at radius 2 is 1.50 bits per heavy atom. The molecule has 0 aliphatic rings. The zero-order valence-corrected chi connectivity index (χ0v) is 10.8. The first-order valence-corrected chi connectivity index (χ1v) is 5.70. The summed E-state index contributed by atoms with van der Waals surface area (Å²) >= 11 is 0. The van der Waals surface area contributed by atoms with Crippen LogP contribution in [0.4, 0.5) is 0 Å². The lowest BCUT2D eigenvalue weighted by Gasteiger charge is -2.11. The van der Waals surface area contributed by atoms with Crippen molar-refractivity contribution in [1.82, 2.24) is 0 Å². The van der Waals surface area contributed by atoms with Crippen LogP contribution in [0.15, 0.2) is 42.5 Å². The van der Waals surface area contributed by atoms with Crippen molar-refractivity contribution in [2.45, 2.75) is 6.92 Å². The van der Waals surface area contributed by atoms with Crippen molar-refractivity contribution in [2.24, 2.45) is 0 Å². The van der Waals surface area contributed by atoms with Crippen molar-refractivity contribution in [3.05, 3.63) is 48.0 Å². The van der Waals surface area contributed by atoms with Crippen LogP contribution in [0, 0.1) is 6.92 Å². The SMILES string of the molecule is COc1ccc(Oc2ccccc2C)cc1OC. The molecule has 0 aliphatic heterocycles. The molecule has 0 saturated heterocycles. The monoisotopic (exact) mass is 244 g/mol. The molecule has 0 spiro atoms. The van der Waals surface area contributed by atoms with E-state index in [1.54, 1.807) is 14.2 Å². The largest absolute Gasteiger partial charge is 0.493 e. The zero-order chi connectivity index (χ0) is 13.0. The minimum absolute atomic E-state index is 0.656. The maximum Gasteiger partial charge on any atom is 0.164 e. The van der Waals surface area contributed by atoms with Gasteiger partial charge in [0, 0.05) is 6.07 Å². The molecule has 0 atom stereocenters. The van der Waals surface area contributed by atoms with E-state index in [4.69, 9.17) is 14.2 Å². The number of rotatable bonds is 4. The van der Waals surface area contributed by atoms with Crippen LogP contribution >= 0.6 is 0 Å². The number of aryl methyl sites for hydroxylation is 1. The maximum absolute atomic E-state index is 5.82. The highest BCUT2D eigenvalue weighted by atomic mass is 16.5. The van der Waals surface area contributed by atoms with Crippen molar-refractivity contribution >= 4 is 0 Å². The summed E-state index contributed by atoms with van der Waals surface area (Å²) in [5.41, 5.74) is 1.09. The summed E-state index contributed by atoms with van der Waals surface area (Å²) in [6.07, 6.45) is 0. The first kappa shape index (κ1) is 12.3. The third-order valence-corrected chi connectivity index (χ3v) is 2.68. The highest BCUT2D eigenvalue weighted by Gasteiger charge is 2.06. The van der Waals surface area contributed by atoms with Gasteiger partial charge in [0.05, 0.1) is 14.2 Å². The number of ether oxygens (including phenoxy) is 3. The van der Waals surface area contributed by atoms with Gasteiger partial charge in [0.2, 0.25) is 0 Å². The minimum Gasteiger partial charge on any atom is -0.493 e. The van der Waals surface area contributed by atoms with E-state index in [2.05, 4.69) is 0 Å². The molecule has 0 aromatic heterocycles. The van der Waals surface area contributed by atoms with Crippen LogP contribution in [0.1, 0.15) is 5.56 Å². The van der Waals surface area contributed by atoms with E-state index in [0.717, 1.165) is 17.1 Å². The smallest absolute Gasteiger partial charge is 0.164 e. The maximum atomic E-state index is 5.82. The lowest BCUT2D eigenvalue weighted by Crippen LogP contribution is -1.92. The molecular formula is C15H16O3. The zero-order valence-electron chi connectivity index (χ0n) is 10.8. The van der Waals surface area contributed by atoms with Gasteiger partial charge in [0.1, 0.15) is 11.5 Å². The Hall–Kier alpha value is -2.16. The predicted octanol–water partition coefficient (Wildman–Crippen LogP) is 3.80. The van der Waals surface area contributed by atoms with Crippen LogP contribution in [0.5, 0.6) is 23.0 Å². The van der Waals surface area contributed by atoms with Crippen molar-refractivity contribution in [1.29, 1.82) is 0 Å². The fraction of sp³-hybridized carbons (Fsp3) is 0.200. The third-order valence-electron chi connectivity index (χ3n) is 2.68. The van der Waals surface area contributed by atoms with Crippen LogP contribution in [-0.2, 0) is 0 Å². The molecule has 0 saturated carbocycles. The van der Waals surface area contributed by atoms with Crippen LogP contribution < -0.4 is 14.2 Å². The topological polar surface area (TPSA) is 27.7 Å². The van der Waals surface area contributed by atoms with Crippen molar-refractivity contribution in [3.8, 4) is 23.0 Å². The number of para-hydroxylation sites is 1. The molecule has 2 aromatic rings. The van der Waals surface area contributed by atoms with Crippen molar-refractivity contribution < 1.29 is 14.2 Å². The molecule has 0 bridgehead atoms. The molecule has 0 radical (unpaired) electrons. The first-order valence-electron chi connectivity index (χ1n) is 5.70. The molecule has 94 valence electrons. The van der Waals surface area contributed by atoms with E-state index >= 15 is 0 Å². The number of methoxy groups -OCH3 is 2. The van der Waals surface area contributed by atoms with Crippen LogP contribution in [0.25, 0.3) is 0 Å². The molecule has 3 heteroatoms. The van der Waals surface area contributed by atoms with E-state index in [0.29, 0.717) is 11.5 Å². The van der Waals surface area contributed by atoms with Gasteiger partial charge in [-0.05, 0) is 30.7 Å². The molecule has 0 amide bonds. The van der Waals surface area contributed by atoms with Crippen LogP contribution in [0.2, 0.25) is 0 Å². The van der Waals surface area contributed by atoms with Gasteiger partial charge in [0.15, 0.2) is 11.5 Å². The highest BCUT2D eigenvalue weighted by Crippen LogP contribution is 2.33. The molecule has 0 aliphatic carbocycles. The Morgan fingerprint density at radius 1 is 0.778 bits per heavy atom. The molecule has 0 unspecified atom stereocenters. The summed E-state index contributed by atoms with van der Waals surface area (Å²) < 4.78 is 16.2. The molecule has 0 heterocycles. The second-order valence-electron chi connectivity index (χ2n) is 3.88. The lowest BCUT2D eigenvalue weighted by molar-refractivity contribution is 0.352. The fourth-order valence-corrected chi connectivity index (χ4v) is 1.68. The number of hydrogen-bond acceptors (Lipinski definition) is 3. The molecule has 3 nitrogen and oxygen atoms in total. The average Bonchev–Trinajstić information content (AvgIpc) is 2.41. The van der Waals surface area contributed by atoms with E-state index < -0.39 is 0 Å². The Kier molecular flexibility index (Phi) is 3.72. The van der Waals surface area contributed by atoms with Gasteiger partial charge >= 0.3 is 0 Å². The summed E-state index contributed by atoms with van der Waals surface area (Å²) in [6.45, 7) is 2.01. The Morgan fingerprint density at radius 3 is 2.17 bits per heavy atom. The van der Waals surface area contributed by atoms with Gasteiger partial charge in [-0.3, -0.25) is 0 Å². The van der Waals surface area contributed by atoms with E-state index in [1.807, 2.05) is 49.4 Å². The third kappa shape index (κ3) is 2.56. The quantitative estimate of drug-likeness (QED) is 0.818. The predicted molar refractivity (Wildman–Crippen MR) is 70.8 cm³/mol. The van der Waals surface area contributed by atoms with Gasteiger partial charge in [-0.2, -0.15) is 0 Å². The second-order valence-corrected chi connectivity index (χ2v) is 3.88. The molecule has 0 N–H and O–H groups in total. The van der Waals surface area contributed by atoms with Crippen LogP contribution in [0.3, 0.4) is 0 Å².